The van der Waals surface area contributed by atoms with Gasteiger partial charge in [0.15, 0.2) is 0 Å². The van der Waals surface area contributed by atoms with Crippen LogP contribution in [0.3, 0.4) is 0 Å². The SMILES string of the molecule is CC(C)CC(NC(=O)C(N)CCC(N)=O)C(=O)NC(C(=O)NCC(=O)O)C(C)C. The Morgan fingerprint density at radius 2 is 1.52 bits per heavy atom. The Kier molecular flexibility index (Phi) is 11.5. The third kappa shape index (κ3) is 11.0. The number of carbonyl (C=O) groups excluding carboxylic acids is 4. The summed E-state index contributed by atoms with van der Waals surface area (Å²) >= 11 is 0. The molecule has 0 aromatic heterocycles. The molecule has 0 heterocycles. The summed E-state index contributed by atoms with van der Waals surface area (Å²) < 4.78 is 0. The molecule has 0 aliphatic carbocycles. The molecule has 0 bridgehead atoms. The molecule has 0 saturated heterocycles. The highest BCUT2D eigenvalue weighted by atomic mass is 16.4. The van der Waals surface area contributed by atoms with Crippen molar-refractivity contribution in [2.45, 2.75) is 65.1 Å². The maximum Gasteiger partial charge on any atom is 0.322 e. The molecular formula is C18H33N5O6. The van der Waals surface area contributed by atoms with Gasteiger partial charge in [0.2, 0.25) is 23.6 Å². The van der Waals surface area contributed by atoms with Crippen LogP contribution in [-0.2, 0) is 24.0 Å². The lowest BCUT2D eigenvalue weighted by molar-refractivity contribution is -0.139. The average Bonchev–Trinajstić information content (AvgIpc) is 2.60. The van der Waals surface area contributed by atoms with Gasteiger partial charge in [-0.15, -0.1) is 0 Å². The fourth-order valence-electron chi connectivity index (χ4n) is 2.47. The second-order valence-electron chi connectivity index (χ2n) is 7.64. The molecule has 3 atom stereocenters. The topological polar surface area (TPSA) is 194 Å². The van der Waals surface area contributed by atoms with Crippen LogP contribution in [0.5, 0.6) is 0 Å². The molecule has 8 N–H and O–H groups in total. The number of carboxylic acid groups (broad SMARTS) is 1. The number of nitrogens with two attached hydrogens (primary N) is 2. The van der Waals surface area contributed by atoms with E-state index in [0.29, 0.717) is 6.42 Å². The van der Waals surface area contributed by atoms with E-state index in [0.717, 1.165) is 0 Å². The second-order valence-corrected chi connectivity index (χ2v) is 7.64. The number of carboxylic acids is 1. The van der Waals surface area contributed by atoms with Crippen molar-refractivity contribution >= 4 is 29.6 Å². The monoisotopic (exact) mass is 415 g/mol. The number of hydrogen-bond donors (Lipinski definition) is 6. The molecular weight excluding hydrogens is 382 g/mol. The maximum atomic E-state index is 12.7. The highest BCUT2D eigenvalue weighted by Crippen LogP contribution is 2.09. The number of carbonyl (C=O) groups is 5. The van der Waals surface area contributed by atoms with E-state index >= 15 is 0 Å². The Labute approximate surface area is 170 Å². The Morgan fingerprint density at radius 1 is 0.931 bits per heavy atom. The zero-order valence-corrected chi connectivity index (χ0v) is 17.4. The molecule has 0 rings (SSSR count). The molecule has 0 radical (unpaired) electrons. The molecule has 0 aromatic rings. The molecule has 166 valence electrons. The number of amides is 4. The van der Waals surface area contributed by atoms with Crippen molar-refractivity contribution in [3.63, 3.8) is 0 Å². The van der Waals surface area contributed by atoms with Gasteiger partial charge in [-0.1, -0.05) is 27.7 Å². The molecule has 0 fully saturated rings. The van der Waals surface area contributed by atoms with Crippen LogP contribution in [0, 0.1) is 11.8 Å². The van der Waals surface area contributed by atoms with Crippen LogP contribution in [0.15, 0.2) is 0 Å². The van der Waals surface area contributed by atoms with Gasteiger partial charge in [0.05, 0.1) is 6.04 Å². The van der Waals surface area contributed by atoms with Crippen molar-refractivity contribution in [2.24, 2.45) is 23.3 Å². The molecule has 0 aliphatic rings. The second kappa shape index (κ2) is 12.7. The van der Waals surface area contributed by atoms with E-state index in [-0.39, 0.29) is 24.7 Å². The van der Waals surface area contributed by atoms with Crippen LogP contribution in [0.25, 0.3) is 0 Å². The van der Waals surface area contributed by atoms with Crippen LogP contribution in [0.2, 0.25) is 0 Å². The molecule has 29 heavy (non-hydrogen) atoms. The summed E-state index contributed by atoms with van der Waals surface area (Å²) in [5, 5.41) is 16.0. The molecule has 0 aliphatic heterocycles. The van der Waals surface area contributed by atoms with Crippen LogP contribution >= 0.6 is 0 Å². The standard InChI is InChI=1S/C18H33N5O6/c1-9(2)7-12(22-16(27)11(19)5-6-13(20)24)17(28)23-15(10(3)4)18(29)21-8-14(25)26/h9-12,15H,5-8,19H2,1-4H3,(H2,20,24)(H,21,29)(H,22,27)(H,23,28)(H,25,26). The average molecular weight is 415 g/mol. The van der Waals surface area contributed by atoms with Crippen LogP contribution in [-0.4, -0.2) is 59.4 Å². The summed E-state index contributed by atoms with van der Waals surface area (Å²) in [7, 11) is 0. The Balaban J connectivity index is 5.15. The third-order valence-electron chi connectivity index (χ3n) is 4.04. The van der Waals surface area contributed by atoms with Gasteiger partial charge >= 0.3 is 5.97 Å². The van der Waals surface area contributed by atoms with E-state index in [1.165, 1.54) is 0 Å². The van der Waals surface area contributed by atoms with Crippen molar-refractivity contribution in [1.29, 1.82) is 0 Å². The molecule has 0 spiro atoms. The molecule has 3 unspecified atom stereocenters. The van der Waals surface area contributed by atoms with Crippen molar-refractivity contribution in [1.82, 2.24) is 16.0 Å². The zero-order chi connectivity index (χ0) is 22.7. The Hall–Kier alpha value is -2.69. The first kappa shape index (κ1) is 26.3. The van der Waals surface area contributed by atoms with E-state index in [4.69, 9.17) is 16.6 Å². The Morgan fingerprint density at radius 3 is 1.97 bits per heavy atom. The molecule has 11 heteroatoms. The lowest BCUT2D eigenvalue weighted by Gasteiger charge is -2.26. The summed E-state index contributed by atoms with van der Waals surface area (Å²) in [5.74, 6) is -3.89. The van der Waals surface area contributed by atoms with E-state index in [2.05, 4.69) is 16.0 Å². The normalized spacial score (nSPS) is 14.0. The summed E-state index contributed by atoms with van der Waals surface area (Å²) in [6.45, 7) is 6.54. The minimum Gasteiger partial charge on any atom is -0.480 e. The largest absolute Gasteiger partial charge is 0.480 e. The molecule has 0 aromatic carbocycles. The van der Waals surface area contributed by atoms with Gasteiger partial charge in [-0.05, 0) is 24.7 Å². The Bertz CT molecular complexity index is 608. The number of primary amides is 1. The maximum absolute atomic E-state index is 12.7. The fourth-order valence-corrected chi connectivity index (χ4v) is 2.47. The predicted octanol–water partition coefficient (Wildman–Crippen LogP) is -1.55. The summed E-state index contributed by atoms with van der Waals surface area (Å²) in [5.41, 5.74) is 10.8. The highest BCUT2D eigenvalue weighted by Gasteiger charge is 2.30. The first-order valence-electron chi connectivity index (χ1n) is 9.49. The van der Waals surface area contributed by atoms with Gasteiger partial charge in [-0.25, -0.2) is 0 Å². The molecule has 0 saturated carbocycles. The van der Waals surface area contributed by atoms with Gasteiger partial charge in [-0.2, -0.15) is 0 Å². The quantitative estimate of drug-likeness (QED) is 0.209. The summed E-state index contributed by atoms with van der Waals surface area (Å²) in [4.78, 5) is 58.7. The molecule has 4 amide bonds. The van der Waals surface area contributed by atoms with Crippen molar-refractivity contribution in [3.8, 4) is 0 Å². The van der Waals surface area contributed by atoms with Gasteiger partial charge in [0.25, 0.3) is 0 Å². The van der Waals surface area contributed by atoms with Gasteiger partial charge in [-0.3, -0.25) is 24.0 Å². The number of hydrogen-bond acceptors (Lipinski definition) is 6. The van der Waals surface area contributed by atoms with Gasteiger partial charge in [0, 0.05) is 6.42 Å². The van der Waals surface area contributed by atoms with Crippen LogP contribution < -0.4 is 27.4 Å². The minimum absolute atomic E-state index is 0.0450. The third-order valence-corrected chi connectivity index (χ3v) is 4.04. The van der Waals surface area contributed by atoms with Crippen LogP contribution in [0.1, 0.15) is 47.0 Å². The smallest absolute Gasteiger partial charge is 0.322 e. The zero-order valence-electron chi connectivity index (χ0n) is 17.4. The van der Waals surface area contributed by atoms with E-state index in [1.54, 1.807) is 13.8 Å². The number of nitrogens with one attached hydrogen (secondary N) is 3. The lowest BCUT2D eigenvalue weighted by atomic mass is 9.99. The predicted molar refractivity (Wildman–Crippen MR) is 105 cm³/mol. The first-order chi connectivity index (χ1) is 13.3. The lowest BCUT2D eigenvalue weighted by Crippen LogP contribution is -2.57. The van der Waals surface area contributed by atoms with Crippen molar-refractivity contribution in [2.75, 3.05) is 6.54 Å². The van der Waals surface area contributed by atoms with Gasteiger partial charge < -0.3 is 32.5 Å². The van der Waals surface area contributed by atoms with Crippen LogP contribution in [0.4, 0.5) is 0 Å². The first-order valence-corrected chi connectivity index (χ1v) is 9.49. The number of aliphatic carboxylic acids is 1. The highest BCUT2D eigenvalue weighted by molar-refractivity contribution is 5.93. The van der Waals surface area contributed by atoms with Crippen molar-refractivity contribution in [3.05, 3.63) is 0 Å². The van der Waals surface area contributed by atoms with Crippen molar-refractivity contribution < 1.29 is 29.1 Å². The summed E-state index contributed by atoms with van der Waals surface area (Å²) in [6, 6.07) is -2.93. The minimum atomic E-state index is -1.21. The van der Waals surface area contributed by atoms with E-state index in [1.807, 2.05) is 13.8 Å². The van der Waals surface area contributed by atoms with E-state index < -0.39 is 54.3 Å². The fraction of sp³-hybridized carbons (Fsp3) is 0.722. The van der Waals surface area contributed by atoms with E-state index in [9.17, 15) is 24.0 Å². The molecule has 11 nitrogen and oxygen atoms in total. The number of rotatable bonds is 13. The summed E-state index contributed by atoms with van der Waals surface area (Å²) in [6.07, 6.45) is 0.278. The van der Waals surface area contributed by atoms with Gasteiger partial charge in [0.1, 0.15) is 18.6 Å².